The Labute approximate surface area is 119 Å². The molecule has 0 amide bonds. The summed E-state index contributed by atoms with van der Waals surface area (Å²) >= 11 is 0. The predicted molar refractivity (Wildman–Crippen MR) is 86.3 cm³/mol. The third-order valence-corrected chi connectivity index (χ3v) is 3.46. The lowest BCUT2D eigenvalue weighted by Gasteiger charge is -2.00. The third-order valence-electron chi connectivity index (χ3n) is 3.46. The van der Waals surface area contributed by atoms with Crippen LogP contribution in [0.15, 0.2) is 29.3 Å². The average molecular weight is 259 g/mol. The summed E-state index contributed by atoms with van der Waals surface area (Å²) in [4.78, 5) is 4.49. The Hall–Kier alpha value is -1.11. The van der Waals surface area contributed by atoms with Gasteiger partial charge in [-0.25, -0.2) is 0 Å². The number of aryl methyl sites for hydroxylation is 1. The minimum absolute atomic E-state index is 0.975. The van der Waals surface area contributed by atoms with Crippen LogP contribution in [0.2, 0.25) is 0 Å². The van der Waals surface area contributed by atoms with Crippen LogP contribution in [0.4, 0.5) is 0 Å². The number of benzene rings is 1. The van der Waals surface area contributed by atoms with Crippen LogP contribution in [0.25, 0.3) is 0 Å². The Bertz CT molecular complexity index is 337. The zero-order chi connectivity index (χ0) is 13.8. The van der Waals surface area contributed by atoms with E-state index in [2.05, 4.69) is 43.1 Å². The van der Waals surface area contributed by atoms with Gasteiger partial charge in [0.1, 0.15) is 0 Å². The molecule has 0 unspecified atom stereocenters. The van der Waals surface area contributed by atoms with Crippen LogP contribution in [-0.4, -0.2) is 12.8 Å². The Morgan fingerprint density at radius 2 is 1.42 bits per heavy atom. The highest BCUT2D eigenvalue weighted by atomic mass is 14.7. The summed E-state index contributed by atoms with van der Waals surface area (Å²) in [5.74, 6) is 0. The zero-order valence-corrected chi connectivity index (χ0v) is 12.7. The van der Waals surface area contributed by atoms with Gasteiger partial charge >= 0.3 is 0 Å². The third kappa shape index (κ3) is 8.58. The van der Waals surface area contributed by atoms with Crippen molar-refractivity contribution in [2.45, 2.75) is 65.2 Å². The number of hydrogen-bond acceptors (Lipinski definition) is 1. The molecular weight excluding hydrogens is 230 g/mol. The molecule has 1 rings (SSSR count). The average Bonchev–Trinajstić information content (AvgIpc) is 2.43. The molecule has 0 radical (unpaired) electrons. The number of hydrogen-bond donors (Lipinski definition) is 0. The highest BCUT2D eigenvalue weighted by Gasteiger charge is 1.91. The van der Waals surface area contributed by atoms with Crippen LogP contribution in [-0.2, 0) is 0 Å². The fraction of sp³-hybridized carbons (Fsp3) is 0.611. The van der Waals surface area contributed by atoms with Crippen molar-refractivity contribution in [1.29, 1.82) is 0 Å². The van der Waals surface area contributed by atoms with E-state index in [0.717, 1.165) is 6.54 Å². The van der Waals surface area contributed by atoms with Crippen LogP contribution < -0.4 is 0 Å². The van der Waals surface area contributed by atoms with Gasteiger partial charge in [0.05, 0.1) is 0 Å². The van der Waals surface area contributed by atoms with Crippen LogP contribution in [0.3, 0.4) is 0 Å². The first-order valence-electron chi connectivity index (χ1n) is 7.89. The van der Waals surface area contributed by atoms with E-state index in [1.54, 1.807) is 0 Å². The molecule has 0 aliphatic rings. The van der Waals surface area contributed by atoms with Crippen molar-refractivity contribution in [1.82, 2.24) is 0 Å². The highest BCUT2D eigenvalue weighted by molar-refractivity contribution is 5.79. The van der Waals surface area contributed by atoms with E-state index in [1.165, 1.54) is 62.5 Å². The molecule has 0 bridgehead atoms. The van der Waals surface area contributed by atoms with Crippen molar-refractivity contribution in [3.8, 4) is 0 Å². The topological polar surface area (TPSA) is 12.4 Å². The zero-order valence-electron chi connectivity index (χ0n) is 12.7. The Morgan fingerprint density at radius 3 is 2.05 bits per heavy atom. The molecule has 1 aromatic carbocycles. The second-order valence-electron chi connectivity index (χ2n) is 5.42. The van der Waals surface area contributed by atoms with Crippen molar-refractivity contribution in [3.63, 3.8) is 0 Å². The number of unbranched alkanes of at least 4 members (excludes halogenated alkanes) is 7. The normalized spacial score (nSPS) is 11.3. The van der Waals surface area contributed by atoms with E-state index >= 15 is 0 Å². The van der Waals surface area contributed by atoms with Gasteiger partial charge in [0, 0.05) is 12.8 Å². The van der Waals surface area contributed by atoms with Crippen LogP contribution in [0.5, 0.6) is 0 Å². The van der Waals surface area contributed by atoms with Crippen molar-refractivity contribution in [2.75, 3.05) is 6.54 Å². The van der Waals surface area contributed by atoms with Gasteiger partial charge in [-0.2, -0.15) is 0 Å². The monoisotopic (exact) mass is 259 g/mol. The minimum atomic E-state index is 0.975. The van der Waals surface area contributed by atoms with E-state index in [0.29, 0.717) is 0 Å². The maximum absolute atomic E-state index is 4.49. The van der Waals surface area contributed by atoms with Gasteiger partial charge in [-0.05, 0) is 18.9 Å². The lowest BCUT2D eigenvalue weighted by atomic mass is 10.1. The van der Waals surface area contributed by atoms with Crippen LogP contribution in [0, 0.1) is 6.92 Å². The van der Waals surface area contributed by atoms with E-state index in [-0.39, 0.29) is 0 Å². The first kappa shape index (κ1) is 15.9. The number of aliphatic imine (C=N–C) groups is 1. The first-order chi connectivity index (χ1) is 9.33. The summed E-state index contributed by atoms with van der Waals surface area (Å²) in [6.45, 7) is 5.36. The SMILES string of the molecule is CCCCCCCCCCN=Cc1ccc(C)cc1. The molecule has 1 aromatic rings. The summed E-state index contributed by atoms with van der Waals surface area (Å²) in [6, 6.07) is 8.54. The molecule has 0 fully saturated rings. The standard InChI is InChI=1S/C18H29N/c1-3-4-5-6-7-8-9-10-15-19-16-18-13-11-17(2)12-14-18/h11-14,16H,3-10,15H2,1-2H3. The fourth-order valence-electron chi connectivity index (χ4n) is 2.16. The number of rotatable bonds is 10. The summed E-state index contributed by atoms with van der Waals surface area (Å²) in [7, 11) is 0. The molecular formula is C18H29N. The highest BCUT2D eigenvalue weighted by Crippen LogP contribution is 2.08. The summed E-state index contributed by atoms with van der Waals surface area (Å²) in [5.41, 5.74) is 2.52. The van der Waals surface area contributed by atoms with E-state index in [9.17, 15) is 0 Å². The Kier molecular flexibility index (Phi) is 9.05. The van der Waals surface area contributed by atoms with Gasteiger partial charge in [-0.3, -0.25) is 4.99 Å². The summed E-state index contributed by atoms with van der Waals surface area (Å²) < 4.78 is 0. The quantitative estimate of drug-likeness (QED) is 0.385. The molecule has 0 aliphatic heterocycles. The van der Waals surface area contributed by atoms with Crippen LogP contribution in [0.1, 0.15) is 69.4 Å². The van der Waals surface area contributed by atoms with E-state index in [4.69, 9.17) is 0 Å². The number of nitrogens with zero attached hydrogens (tertiary/aromatic N) is 1. The molecule has 0 atom stereocenters. The molecule has 0 N–H and O–H groups in total. The van der Waals surface area contributed by atoms with E-state index < -0.39 is 0 Å². The Morgan fingerprint density at radius 1 is 0.842 bits per heavy atom. The minimum Gasteiger partial charge on any atom is -0.293 e. The maximum atomic E-state index is 4.49. The second kappa shape index (κ2) is 10.8. The van der Waals surface area contributed by atoms with Crippen molar-refractivity contribution in [3.05, 3.63) is 35.4 Å². The van der Waals surface area contributed by atoms with Gasteiger partial charge in [0.15, 0.2) is 0 Å². The molecule has 0 saturated carbocycles. The van der Waals surface area contributed by atoms with Crippen molar-refractivity contribution >= 4 is 6.21 Å². The predicted octanol–water partition coefficient (Wildman–Crippen LogP) is 5.55. The first-order valence-corrected chi connectivity index (χ1v) is 7.89. The lowest BCUT2D eigenvalue weighted by molar-refractivity contribution is 0.578. The van der Waals surface area contributed by atoms with Crippen molar-refractivity contribution in [2.24, 2.45) is 4.99 Å². The lowest BCUT2D eigenvalue weighted by Crippen LogP contribution is -1.86. The van der Waals surface area contributed by atoms with Crippen molar-refractivity contribution < 1.29 is 0 Å². The summed E-state index contributed by atoms with van der Waals surface area (Å²) in [6.07, 6.45) is 12.9. The molecule has 0 aliphatic carbocycles. The smallest absolute Gasteiger partial charge is 0.0389 e. The summed E-state index contributed by atoms with van der Waals surface area (Å²) in [5, 5.41) is 0. The van der Waals surface area contributed by atoms with Gasteiger partial charge in [-0.15, -0.1) is 0 Å². The molecule has 0 heterocycles. The molecule has 0 spiro atoms. The Balaban J connectivity index is 1.97. The second-order valence-corrected chi connectivity index (χ2v) is 5.42. The molecule has 0 aromatic heterocycles. The molecule has 1 nitrogen and oxygen atoms in total. The molecule has 1 heteroatoms. The fourth-order valence-corrected chi connectivity index (χ4v) is 2.16. The van der Waals surface area contributed by atoms with E-state index in [1.807, 2.05) is 6.21 Å². The van der Waals surface area contributed by atoms with Gasteiger partial charge in [-0.1, -0.05) is 81.7 Å². The van der Waals surface area contributed by atoms with Crippen LogP contribution >= 0.6 is 0 Å². The molecule has 19 heavy (non-hydrogen) atoms. The van der Waals surface area contributed by atoms with Gasteiger partial charge < -0.3 is 0 Å². The molecule has 106 valence electrons. The molecule has 0 saturated heterocycles. The van der Waals surface area contributed by atoms with Gasteiger partial charge in [0.2, 0.25) is 0 Å². The largest absolute Gasteiger partial charge is 0.293 e. The van der Waals surface area contributed by atoms with Gasteiger partial charge in [0.25, 0.3) is 0 Å². The maximum Gasteiger partial charge on any atom is 0.0389 e.